The monoisotopic (exact) mass is 346 g/mol. The number of alkyl halides is 1. The minimum absolute atomic E-state index is 0.0560. The molecule has 0 aromatic heterocycles. The van der Waals surface area contributed by atoms with Crippen LogP contribution in [0.4, 0.5) is 8.78 Å². The highest BCUT2D eigenvalue weighted by atomic mass is 19.2. The van der Waals surface area contributed by atoms with Crippen LogP contribution in [0.1, 0.15) is 31.4 Å². The van der Waals surface area contributed by atoms with Gasteiger partial charge in [-0.1, -0.05) is 24.3 Å². The summed E-state index contributed by atoms with van der Waals surface area (Å²) in [6.07, 6.45) is -0.640. The lowest BCUT2D eigenvalue weighted by molar-refractivity contribution is -0.137. The molecule has 0 fully saturated rings. The molecule has 1 aliphatic carbocycles. The maximum absolute atomic E-state index is 15.4. The summed E-state index contributed by atoms with van der Waals surface area (Å²) < 4.78 is 30.8. The van der Waals surface area contributed by atoms with Crippen molar-refractivity contribution >= 4 is 11.5 Å². The first-order chi connectivity index (χ1) is 11.6. The standard InChI is InChI=1S/C19H20F2N2O2/c1-10-6-4-5-7-13(10)16-11(2)12(3)19(21,9-22)17(18(16)20)14(23)8-15(24)25/h4-7,14,17H,8,23H2,1-3H3,(H,24,25). The van der Waals surface area contributed by atoms with Crippen LogP contribution in [-0.4, -0.2) is 22.8 Å². The van der Waals surface area contributed by atoms with Crippen LogP contribution in [0.2, 0.25) is 0 Å². The van der Waals surface area contributed by atoms with E-state index in [1.807, 2.05) is 0 Å². The molecule has 0 heterocycles. The third-order valence-electron chi connectivity index (χ3n) is 4.84. The molecule has 3 unspecified atom stereocenters. The number of rotatable bonds is 4. The Kier molecular flexibility index (Phi) is 5.09. The van der Waals surface area contributed by atoms with Gasteiger partial charge in [-0.2, -0.15) is 5.26 Å². The molecule has 3 N–H and O–H groups in total. The topological polar surface area (TPSA) is 87.1 Å². The molecule has 0 aliphatic heterocycles. The average Bonchev–Trinajstić information content (AvgIpc) is 2.54. The Morgan fingerprint density at radius 3 is 2.52 bits per heavy atom. The third-order valence-corrected chi connectivity index (χ3v) is 4.84. The molecule has 6 heteroatoms. The number of nitriles is 1. The number of aliphatic carboxylic acids is 1. The van der Waals surface area contributed by atoms with Crippen molar-refractivity contribution in [1.29, 1.82) is 5.26 Å². The van der Waals surface area contributed by atoms with E-state index in [0.717, 1.165) is 5.56 Å². The van der Waals surface area contributed by atoms with E-state index in [1.54, 1.807) is 38.1 Å². The van der Waals surface area contributed by atoms with Gasteiger partial charge in [0, 0.05) is 11.6 Å². The fraction of sp³-hybridized carbons (Fsp3) is 0.368. The number of hydrogen-bond acceptors (Lipinski definition) is 3. The lowest BCUT2D eigenvalue weighted by atomic mass is 9.69. The molecule has 0 radical (unpaired) electrons. The largest absolute Gasteiger partial charge is 0.481 e. The lowest BCUT2D eigenvalue weighted by Crippen LogP contribution is -2.48. The Morgan fingerprint density at radius 1 is 1.40 bits per heavy atom. The van der Waals surface area contributed by atoms with E-state index in [0.29, 0.717) is 11.1 Å². The van der Waals surface area contributed by atoms with Gasteiger partial charge in [-0.15, -0.1) is 0 Å². The molecule has 1 aromatic carbocycles. The molecule has 3 atom stereocenters. The molecule has 2 rings (SSSR count). The first-order valence-corrected chi connectivity index (χ1v) is 7.86. The molecule has 132 valence electrons. The van der Waals surface area contributed by atoms with Gasteiger partial charge in [0.25, 0.3) is 0 Å². The second kappa shape index (κ2) is 6.77. The Hall–Kier alpha value is -2.52. The number of carboxylic acid groups (broad SMARTS) is 1. The summed E-state index contributed by atoms with van der Waals surface area (Å²) in [6.45, 7) is 4.77. The summed E-state index contributed by atoms with van der Waals surface area (Å²) in [5.74, 6) is -3.83. The van der Waals surface area contributed by atoms with Gasteiger partial charge in [-0.05, 0) is 43.0 Å². The van der Waals surface area contributed by atoms with E-state index in [9.17, 15) is 10.1 Å². The molecule has 0 spiro atoms. The number of allylic oxidation sites excluding steroid dienone is 3. The van der Waals surface area contributed by atoms with Crippen molar-refractivity contribution in [2.45, 2.75) is 38.9 Å². The van der Waals surface area contributed by atoms with Crippen LogP contribution < -0.4 is 5.73 Å². The van der Waals surface area contributed by atoms with Gasteiger partial charge >= 0.3 is 5.97 Å². The first kappa shape index (κ1) is 18.8. The van der Waals surface area contributed by atoms with E-state index in [1.165, 1.54) is 13.0 Å². The zero-order chi connectivity index (χ0) is 18.9. The van der Waals surface area contributed by atoms with Crippen LogP contribution in [0, 0.1) is 24.2 Å². The number of hydrogen-bond donors (Lipinski definition) is 2. The predicted molar refractivity (Wildman–Crippen MR) is 90.8 cm³/mol. The highest BCUT2D eigenvalue weighted by Gasteiger charge is 2.52. The Balaban J connectivity index is 2.74. The number of nitrogens with zero attached hydrogens (tertiary/aromatic N) is 1. The summed E-state index contributed by atoms with van der Waals surface area (Å²) >= 11 is 0. The quantitative estimate of drug-likeness (QED) is 0.871. The highest BCUT2D eigenvalue weighted by molar-refractivity contribution is 5.85. The Morgan fingerprint density at radius 2 is 2.00 bits per heavy atom. The van der Waals surface area contributed by atoms with E-state index in [2.05, 4.69) is 0 Å². The molecule has 0 saturated heterocycles. The average molecular weight is 346 g/mol. The zero-order valence-electron chi connectivity index (χ0n) is 14.3. The van der Waals surface area contributed by atoms with Crippen LogP contribution in [-0.2, 0) is 4.79 Å². The Bertz CT molecular complexity index is 823. The first-order valence-electron chi connectivity index (χ1n) is 7.86. The molecular weight excluding hydrogens is 326 g/mol. The number of carbonyl (C=O) groups is 1. The van der Waals surface area contributed by atoms with Gasteiger partial charge in [0.15, 0.2) is 0 Å². The zero-order valence-corrected chi connectivity index (χ0v) is 14.3. The highest BCUT2D eigenvalue weighted by Crippen LogP contribution is 2.49. The second-order valence-corrected chi connectivity index (χ2v) is 6.35. The minimum atomic E-state index is -2.69. The van der Waals surface area contributed by atoms with Gasteiger partial charge in [-0.3, -0.25) is 4.79 Å². The SMILES string of the molecule is CC1=C(C)C(F)(C#N)C(C(N)CC(=O)O)C(F)=C1c1ccccc1C. The van der Waals surface area contributed by atoms with Crippen LogP contribution in [0.3, 0.4) is 0 Å². The molecular formula is C19H20F2N2O2. The van der Waals surface area contributed by atoms with Gasteiger partial charge in [0.2, 0.25) is 5.67 Å². The van der Waals surface area contributed by atoms with Crippen LogP contribution in [0.25, 0.3) is 5.57 Å². The summed E-state index contributed by atoms with van der Waals surface area (Å²) in [4.78, 5) is 11.0. The summed E-state index contributed by atoms with van der Waals surface area (Å²) in [7, 11) is 0. The van der Waals surface area contributed by atoms with E-state index in [4.69, 9.17) is 10.8 Å². The number of benzene rings is 1. The van der Waals surface area contributed by atoms with E-state index < -0.39 is 35.8 Å². The number of halogens is 2. The van der Waals surface area contributed by atoms with Crippen molar-refractivity contribution in [1.82, 2.24) is 0 Å². The van der Waals surface area contributed by atoms with Crippen LogP contribution in [0.15, 0.2) is 41.2 Å². The van der Waals surface area contributed by atoms with E-state index >= 15 is 8.78 Å². The van der Waals surface area contributed by atoms with Crippen LogP contribution in [0.5, 0.6) is 0 Å². The fourth-order valence-corrected chi connectivity index (χ4v) is 3.34. The molecule has 0 saturated carbocycles. The van der Waals surface area contributed by atoms with E-state index in [-0.39, 0.29) is 11.1 Å². The molecule has 0 bridgehead atoms. The van der Waals surface area contributed by atoms with Crippen molar-refractivity contribution in [2.75, 3.05) is 0 Å². The number of carboxylic acids is 1. The predicted octanol–water partition coefficient (Wildman–Crippen LogP) is 3.68. The summed E-state index contributed by atoms with van der Waals surface area (Å²) in [5.41, 5.74) is 5.05. The molecule has 4 nitrogen and oxygen atoms in total. The van der Waals surface area contributed by atoms with Crippen LogP contribution >= 0.6 is 0 Å². The maximum Gasteiger partial charge on any atom is 0.304 e. The van der Waals surface area contributed by atoms with Gasteiger partial charge in [0.05, 0.1) is 12.3 Å². The van der Waals surface area contributed by atoms with Crippen molar-refractivity contribution < 1.29 is 18.7 Å². The van der Waals surface area contributed by atoms with Crippen molar-refractivity contribution in [3.63, 3.8) is 0 Å². The lowest BCUT2D eigenvalue weighted by Gasteiger charge is -2.37. The van der Waals surface area contributed by atoms with Crippen molar-refractivity contribution in [3.8, 4) is 6.07 Å². The minimum Gasteiger partial charge on any atom is -0.481 e. The van der Waals surface area contributed by atoms with Gasteiger partial charge < -0.3 is 10.8 Å². The normalized spacial score (nSPS) is 24.9. The molecule has 1 aromatic rings. The van der Waals surface area contributed by atoms with Crippen molar-refractivity contribution in [2.24, 2.45) is 11.7 Å². The van der Waals surface area contributed by atoms with Gasteiger partial charge in [0.1, 0.15) is 11.9 Å². The van der Waals surface area contributed by atoms with Gasteiger partial charge in [-0.25, -0.2) is 8.78 Å². The number of nitrogens with two attached hydrogens (primary N) is 1. The summed E-state index contributed by atoms with van der Waals surface area (Å²) in [6, 6.07) is 7.18. The maximum atomic E-state index is 15.4. The number of aryl methyl sites for hydroxylation is 1. The fourth-order valence-electron chi connectivity index (χ4n) is 3.34. The van der Waals surface area contributed by atoms with Crippen molar-refractivity contribution in [3.05, 3.63) is 52.4 Å². The molecule has 0 amide bonds. The third kappa shape index (κ3) is 3.08. The second-order valence-electron chi connectivity index (χ2n) is 6.35. The Labute approximate surface area is 145 Å². The smallest absolute Gasteiger partial charge is 0.304 e. The molecule has 25 heavy (non-hydrogen) atoms. The summed E-state index contributed by atoms with van der Waals surface area (Å²) in [5, 5.41) is 18.3. The molecule has 1 aliphatic rings.